The van der Waals surface area contributed by atoms with Crippen LogP contribution in [0.25, 0.3) is 0 Å². The first kappa shape index (κ1) is 14.2. The molecule has 17 heavy (non-hydrogen) atoms. The van der Waals surface area contributed by atoms with Crippen LogP contribution in [0.2, 0.25) is 0 Å². The van der Waals surface area contributed by atoms with E-state index in [0.29, 0.717) is 0 Å². The molecule has 0 fully saturated rings. The third-order valence-corrected chi connectivity index (χ3v) is 2.75. The van der Waals surface area contributed by atoms with Crippen LogP contribution in [-0.4, -0.2) is 45.7 Å². The summed E-state index contributed by atoms with van der Waals surface area (Å²) in [6.45, 7) is -1.73. The smallest absolute Gasteiger partial charge is 0.393 e. The lowest BCUT2D eigenvalue weighted by atomic mass is 10.1. The van der Waals surface area contributed by atoms with E-state index in [1.165, 1.54) is 0 Å². The molecule has 1 aromatic heterocycles. The van der Waals surface area contributed by atoms with Gasteiger partial charge >= 0.3 is 6.18 Å². The Morgan fingerprint density at radius 1 is 1.29 bits per heavy atom. The minimum absolute atomic E-state index is 0.0438. The number of nitrogens with one attached hydrogen (secondary N) is 1. The molecule has 0 aliphatic rings. The number of nitrogens with zero attached hydrogens (tertiary/aromatic N) is 1. The molecule has 0 spiro atoms. The summed E-state index contributed by atoms with van der Waals surface area (Å²) in [7, 11) is 0. The van der Waals surface area contributed by atoms with Gasteiger partial charge in [-0.25, -0.2) is 4.98 Å². The van der Waals surface area contributed by atoms with Gasteiger partial charge in [0.2, 0.25) is 0 Å². The number of hydrogen-bond acceptors (Lipinski definition) is 6. The van der Waals surface area contributed by atoms with Crippen molar-refractivity contribution >= 4 is 16.5 Å². The summed E-state index contributed by atoms with van der Waals surface area (Å²) in [4.78, 5) is 3.26. The summed E-state index contributed by atoms with van der Waals surface area (Å²) in [5, 5.41) is 30.2. The van der Waals surface area contributed by atoms with Crippen LogP contribution in [0.4, 0.5) is 18.3 Å². The van der Waals surface area contributed by atoms with Gasteiger partial charge in [-0.1, -0.05) is 0 Å². The van der Waals surface area contributed by atoms with Crippen LogP contribution < -0.4 is 5.32 Å². The van der Waals surface area contributed by atoms with Crippen molar-refractivity contribution in [2.45, 2.75) is 11.8 Å². The zero-order valence-corrected chi connectivity index (χ0v) is 9.35. The molecule has 1 rings (SSSR count). The van der Waals surface area contributed by atoms with Crippen LogP contribution in [0.3, 0.4) is 0 Å². The number of anilines is 1. The Labute approximate surface area is 98.5 Å². The molecule has 4 N–H and O–H groups in total. The van der Waals surface area contributed by atoms with Gasteiger partial charge in [-0.15, -0.1) is 11.3 Å². The van der Waals surface area contributed by atoms with E-state index in [2.05, 4.69) is 10.3 Å². The van der Waals surface area contributed by atoms with Gasteiger partial charge in [-0.2, -0.15) is 13.2 Å². The van der Waals surface area contributed by atoms with Gasteiger partial charge in [0.25, 0.3) is 0 Å². The number of hydrogen-bond donors (Lipinski definition) is 4. The average Bonchev–Trinajstić information content (AvgIpc) is 2.74. The molecule has 0 bridgehead atoms. The fourth-order valence-corrected chi connectivity index (χ4v) is 1.60. The summed E-state index contributed by atoms with van der Waals surface area (Å²) in [6.07, 6.45) is -4.51. The summed E-state index contributed by atoms with van der Waals surface area (Å²) in [6, 6.07) is 0. The Hall–Kier alpha value is -0.900. The molecule has 0 aromatic carbocycles. The molecule has 0 atom stereocenters. The first-order valence-corrected chi connectivity index (χ1v) is 5.39. The lowest BCUT2D eigenvalue weighted by Gasteiger charge is -2.22. The number of halogens is 3. The van der Waals surface area contributed by atoms with E-state index in [9.17, 15) is 18.3 Å². The molecule has 1 heterocycles. The quantitative estimate of drug-likeness (QED) is 0.619. The van der Waals surface area contributed by atoms with Crippen molar-refractivity contribution in [1.29, 1.82) is 0 Å². The monoisotopic (exact) mass is 272 g/mol. The highest BCUT2D eigenvalue weighted by Crippen LogP contribution is 2.31. The van der Waals surface area contributed by atoms with Crippen molar-refractivity contribution in [2.24, 2.45) is 0 Å². The Morgan fingerprint density at radius 2 is 1.88 bits per heavy atom. The van der Waals surface area contributed by atoms with E-state index in [-0.39, 0.29) is 11.7 Å². The van der Waals surface area contributed by atoms with Crippen molar-refractivity contribution in [3.8, 4) is 0 Å². The van der Waals surface area contributed by atoms with E-state index in [4.69, 9.17) is 10.2 Å². The SMILES string of the molecule is OCC(O)(CO)CNc1nc(C(F)(F)F)cs1. The second-order valence-corrected chi connectivity index (χ2v) is 4.29. The lowest BCUT2D eigenvalue weighted by molar-refractivity contribution is -0.140. The number of thiazole rings is 1. The normalized spacial score (nSPS) is 12.8. The molecule has 0 saturated carbocycles. The fraction of sp³-hybridized carbons (Fsp3) is 0.625. The molecule has 1 aromatic rings. The highest BCUT2D eigenvalue weighted by molar-refractivity contribution is 7.13. The fourth-order valence-electron chi connectivity index (χ4n) is 0.887. The molecule has 9 heteroatoms. The van der Waals surface area contributed by atoms with Gasteiger partial charge in [-0.05, 0) is 0 Å². The van der Waals surface area contributed by atoms with Crippen LogP contribution >= 0.6 is 11.3 Å². The standard InChI is InChI=1S/C8H11F3N2O3S/c9-8(10,11)5-1-17-6(13-5)12-2-7(16,3-14)4-15/h1,14-16H,2-4H2,(H,12,13). The minimum Gasteiger partial charge on any atom is -0.393 e. The van der Waals surface area contributed by atoms with Crippen molar-refractivity contribution in [1.82, 2.24) is 4.98 Å². The predicted molar refractivity (Wildman–Crippen MR) is 54.7 cm³/mol. The maximum Gasteiger partial charge on any atom is 0.434 e. The van der Waals surface area contributed by atoms with E-state index < -0.39 is 30.7 Å². The number of alkyl halides is 3. The topological polar surface area (TPSA) is 85.6 Å². The van der Waals surface area contributed by atoms with Gasteiger partial charge in [0.05, 0.1) is 19.8 Å². The lowest BCUT2D eigenvalue weighted by Crippen LogP contribution is -2.44. The molecule has 98 valence electrons. The summed E-state index contributed by atoms with van der Waals surface area (Å²) in [5.41, 5.74) is -2.81. The Kier molecular flexibility index (Phi) is 4.31. The predicted octanol–water partition coefficient (Wildman–Crippen LogP) is 0.289. The van der Waals surface area contributed by atoms with Crippen LogP contribution in [0.1, 0.15) is 5.69 Å². The van der Waals surface area contributed by atoms with Gasteiger partial charge in [0.15, 0.2) is 10.8 Å². The van der Waals surface area contributed by atoms with Gasteiger partial charge in [0, 0.05) is 5.38 Å². The summed E-state index contributed by atoms with van der Waals surface area (Å²) < 4.78 is 36.6. The van der Waals surface area contributed by atoms with Crippen LogP contribution in [0, 0.1) is 0 Å². The summed E-state index contributed by atoms with van der Waals surface area (Å²) in [5.74, 6) is 0. The Bertz CT molecular complexity index is 365. The van der Waals surface area contributed by atoms with Crippen molar-refractivity contribution < 1.29 is 28.5 Å². The molecule has 0 radical (unpaired) electrons. The van der Waals surface area contributed by atoms with Gasteiger partial charge < -0.3 is 20.6 Å². The largest absolute Gasteiger partial charge is 0.434 e. The van der Waals surface area contributed by atoms with E-state index in [1.807, 2.05) is 0 Å². The van der Waals surface area contributed by atoms with E-state index >= 15 is 0 Å². The second-order valence-electron chi connectivity index (χ2n) is 3.43. The molecule has 0 aliphatic heterocycles. The molecular formula is C8H11F3N2O3S. The minimum atomic E-state index is -4.51. The van der Waals surface area contributed by atoms with Gasteiger partial charge in [-0.3, -0.25) is 0 Å². The van der Waals surface area contributed by atoms with Crippen LogP contribution in [0.5, 0.6) is 0 Å². The molecule has 0 aliphatic carbocycles. The van der Waals surface area contributed by atoms with Gasteiger partial charge in [0.1, 0.15) is 5.60 Å². The van der Waals surface area contributed by atoms with Crippen LogP contribution in [0.15, 0.2) is 5.38 Å². The molecular weight excluding hydrogens is 261 g/mol. The van der Waals surface area contributed by atoms with E-state index in [0.717, 1.165) is 16.7 Å². The maximum atomic E-state index is 12.2. The number of rotatable bonds is 5. The van der Waals surface area contributed by atoms with E-state index in [1.54, 1.807) is 0 Å². The highest BCUT2D eigenvalue weighted by Gasteiger charge is 2.34. The van der Waals surface area contributed by atoms with Crippen molar-refractivity contribution in [2.75, 3.05) is 25.1 Å². The molecule has 0 unspecified atom stereocenters. The first-order chi connectivity index (χ1) is 7.80. The maximum absolute atomic E-state index is 12.2. The second kappa shape index (κ2) is 5.17. The zero-order chi connectivity index (χ0) is 13.1. The third kappa shape index (κ3) is 3.80. The Morgan fingerprint density at radius 3 is 2.29 bits per heavy atom. The Balaban J connectivity index is 2.62. The molecule has 5 nitrogen and oxygen atoms in total. The van der Waals surface area contributed by atoms with Crippen molar-refractivity contribution in [3.63, 3.8) is 0 Å². The third-order valence-electron chi connectivity index (χ3n) is 1.95. The zero-order valence-electron chi connectivity index (χ0n) is 8.53. The highest BCUT2D eigenvalue weighted by atomic mass is 32.1. The summed E-state index contributed by atoms with van der Waals surface area (Å²) >= 11 is 0.721. The van der Waals surface area contributed by atoms with Crippen molar-refractivity contribution in [3.05, 3.63) is 11.1 Å². The van der Waals surface area contributed by atoms with Crippen LogP contribution in [-0.2, 0) is 6.18 Å². The molecule has 0 saturated heterocycles. The molecule has 0 amide bonds. The number of aromatic nitrogens is 1. The number of aliphatic hydroxyl groups is 3. The first-order valence-electron chi connectivity index (χ1n) is 4.51. The number of aliphatic hydroxyl groups excluding tert-OH is 2. The average molecular weight is 272 g/mol.